The minimum Gasteiger partial charge on any atom is -0.493 e. The standard InChI is InChI=1S/C17H25NO/c1-3-18-16(17(2)10-4-5-11-17)14-8-6-7-13-9-12-19-15(13)14/h6-8,16,18H,3-5,9-12H2,1-2H3. The fourth-order valence-corrected chi connectivity index (χ4v) is 3.88. The predicted molar refractivity (Wildman–Crippen MR) is 78.6 cm³/mol. The van der Waals surface area contributed by atoms with Crippen LogP contribution >= 0.6 is 0 Å². The van der Waals surface area contributed by atoms with Crippen molar-refractivity contribution < 1.29 is 4.74 Å². The maximum Gasteiger partial charge on any atom is 0.127 e. The van der Waals surface area contributed by atoms with Crippen LogP contribution in [0, 0.1) is 5.41 Å². The first-order valence-corrected chi connectivity index (χ1v) is 7.72. The molecular formula is C17H25NO. The fraction of sp³-hybridized carbons (Fsp3) is 0.647. The summed E-state index contributed by atoms with van der Waals surface area (Å²) < 4.78 is 5.92. The summed E-state index contributed by atoms with van der Waals surface area (Å²) in [6.45, 7) is 6.52. The van der Waals surface area contributed by atoms with E-state index >= 15 is 0 Å². The SMILES string of the molecule is CCNC(c1cccc2c1OCC2)C1(C)CCCC1. The molecule has 1 heterocycles. The highest BCUT2D eigenvalue weighted by molar-refractivity contribution is 5.46. The van der Waals surface area contributed by atoms with Gasteiger partial charge in [-0.1, -0.05) is 44.9 Å². The minimum atomic E-state index is 0.386. The Morgan fingerprint density at radius 1 is 1.32 bits per heavy atom. The largest absolute Gasteiger partial charge is 0.493 e. The maximum absolute atomic E-state index is 5.92. The van der Waals surface area contributed by atoms with Gasteiger partial charge in [0, 0.05) is 18.0 Å². The van der Waals surface area contributed by atoms with Crippen LogP contribution in [0.15, 0.2) is 18.2 Å². The van der Waals surface area contributed by atoms with Gasteiger partial charge in [0.15, 0.2) is 0 Å². The van der Waals surface area contributed by atoms with Gasteiger partial charge in [0.25, 0.3) is 0 Å². The normalized spacial score (nSPS) is 22.0. The van der Waals surface area contributed by atoms with Crippen molar-refractivity contribution in [1.82, 2.24) is 5.32 Å². The van der Waals surface area contributed by atoms with Gasteiger partial charge in [-0.2, -0.15) is 0 Å². The first kappa shape index (κ1) is 13.0. The lowest BCUT2D eigenvalue weighted by Gasteiger charge is -2.36. The summed E-state index contributed by atoms with van der Waals surface area (Å²) in [6.07, 6.45) is 6.46. The van der Waals surface area contributed by atoms with Gasteiger partial charge in [-0.15, -0.1) is 0 Å². The number of benzene rings is 1. The van der Waals surface area contributed by atoms with E-state index in [4.69, 9.17) is 4.74 Å². The molecule has 0 spiro atoms. The highest BCUT2D eigenvalue weighted by atomic mass is 16.5. The molecule has 1 saturated carbocycles. The Morgan fingerprint density at radius 2 is 2.11 bits per heavy atom. The van der Waals surface area contributed by atoms with Crippen LogP contribution < -0.4 is 10.1 Å². The molecule has 3 rings (SSSR count). The molecule has 1 fully saturated rings. The summed E-state index contributed by atoms with van der Waals surface area (Å²) in [5, 5.41) is 3.73. The van der Waals surface area contributed by atoms with Crippen molar-refractivity contribution in [2.75, 3.05) is 13.2 Å². The number of fused-ring (bicyclic) bond motifs is 1. The van der Waals surface area contributed by atoms with Crippen molar-refractivity contribution in [3.8, 4) is 5.75 Å². The van der Waals surface area contributed by atoms with Crippen LogP contribution in [0.3, 0.4) is 0 Å². The van der Waals surface area contributed by atoms with Crippen LogP contribution in [0.25, 0.3) is 0 Å². The third-order valence-corrected chi connectivity index (χ3v) is 4.91. The van der Waals surface area contributed by atoms with Gasteiger partial charge < -0.3 is 10.1 Å². The van der Waals surface area contributed by atoms with Crippen molar-refractivity contribution in [3.05, 3.63) is 29.3 Å². The number of nitrogens with one attached hydrogen (secondary N) is 1. The minimum absolute atomic E-state index is 0.386. The zero-order valence-corrected chi connectivity index (χ0v) is 12.2. The van der Waals surface area contributed by atoms with Gasteiger partial charge >= 0.3 is 0 Å². The van der Waals surface area contributed by atoms with Crippen molar-refractivity contribution in [2.24, 2.45) is 5.41 Å². The molecule has 1 aliphatic carbocycles. The highest BCUT2D eigenvalue weighted by Gasteiger charge is 2.39. The Morgan fingerprint density at radius 3 is 2.84 bits per heavy atom. The van der Waals surface area contributed by atoms with E-state index in [0.717, 1.165) is 19.6 Å². The lowest BCUT2D eigenvalue weighted by molar-refractivity contribution is 0.220. The molecule has 1 aromatic rings. The van der Waals surface area contributed by atoms with Crippen molar-refractivity contribution >= 4 is 0 Å². The van der Waals surface area contributed by atoms with E-state index in [1.165, 1.54) is 42.6 Å². The van der Waals surface area contributed by atoms with Crippen molar-refractivity contribution in [3.63, 3.8) is 0 Å². The quantitative estimate of drug-likeness (QED) is 0.886. The maximum atomic E-state index is 5.92. The molecule has 1 aliphatic heterocycles. The van der Waals surface area contributed by atoms with E-state index in [-0.39, 0.29) is 0 Å². The van der Waals surface area contributed by atoms with E-state index in [9.17, 15) is 0 Å². The van der Waals surface area contributed by atoms with E-state index in [2.05, 4.69) is 37.4 Å². The number of para-hydroxylation sites is 1. The first-order valence-electron chi connectivity index (χ1n) is 7.72. The average molecular weight is 259 g/mol. The zero-order valence-electron chi connectivity index (χ0n) is 12.2. The number of hydrogen-bond donors (Lipinski definition) is 1. The first-order chi connectivity index (χ1) is 9.24. The van der Waals surface area contributed by atoms with Gasteiger partial charge in [-0.05, 0) is 30.4 Å². The highest BCUT2D eigenvalue weighted by Crippen LogP contribution is 2.49. The number of ether oxygens (including phenoxy) is 1. The molecule has 1 N–H and O–H groups in total. The Bertz CT molecular complexity index is 449. The summed E-state index contributed by atoms with van der Waals surface area (Å²) in [4.78, 5) is 0. The molecule has 1 atom stereocenters. The number of hydrogen-bond acceptors (Lipinski definition) is 2. The average Bonchev–Trinajstić information content (AvgIpc) is 3.04. The van der Waals surface area contributed by atoms with E-state index < -0.39 is 0 Å². The Labute approximate surface area is 116 Å². The Balaban J connectivity index is 1.98. The molecule has 0 radical (unpaired) electrons. The summed E-state index contributed by atoms with van der Waals surface area (Å²) >= 11 is 0. The number of rotatable bonds is 4. The lowest BCUT2D eigenvalue weighted by atomic mass is 9.76. The second-order valence-electron chi connectivity index (χ2n) is 6.29. The molecule has 2 aliphatic rings. The topological polar surface area (TPSA) is 21.3 Å². The van der Waals surface area contributed by atoms with Gasteiger partial charge in [0.2, 0.25) is 0 Å². The van der Waals surface area contributed by atoms with E-state index in [1.54, 1.807) is 0 Å². The van der Waals surface area contributed by atoms with Crippen LogP contribution in [-0.2, 0) is 6.42 Å². The summed E-state index contributed by atoms with van der Waals surface area (Å²) in [6, 6.07) is 7.12. The molecule has 1 aromatic carbocycles. The predicted octanol–water partition coefficient (Wildman–Crippen LogP) is 3.85. The smallest absolute Gasteiger partial charge is 0.127 e. The van der Waals surface area contributed by atoms with Crippen molar-refractivity contribution in [1.29, 1.82) is 0 Å². The lowest BCUT2D eigenvalue weighted by Crippen LogP contribution is -2.34. The van der Waals surface area contributed by atoms with E-state index in [1.807, 2.05) is 0 Å². The second-order valence-corrected chi connectivity index (χ2v) is 6.29. The van der Waals surface area contributed by atoms with Gasteiger partial charge in [0.1, 0.15) is 5.75 Å². The van der Waals surface area contributed by atoms with Crippen LogP contribution in [0.1, 0.15) is 56.7 Å². The Hall–Kier alpha value is -1.02. The molecule has 1 unspecified atom stereocenters. The molecule has 2 heteroatoms. The summed E-state index contributed by atoms with van der Waals surface area (Å²) in [5.41, 5.74) is 3.17. The summed E-state index contributed by atoms with van der Waals surface area (Å²) in [5.74, 6) is 1.17. The van der Waals surface area contributed by atoms with Crippen molar-refractivity contribution in [2.45, 2.75) is 52.0 Å². The monoisotopic (exact) mass is 259 g/mol. The molecule has 2 nitrogen and oxygen atoms in total. The van der Waals surface area contributed by atoms with Crippen LogP contribution in [-0.4, -0.2) is 13.2 Å². The van der Waals surface area contributed by atoms with Crippen LogP contribution in [0.4, 0.5) is 0 Å². The molecule has 19 heavy (non-hydrogen) atoms. The molecule has 0 saturated heterocycles. The molecule has 0 amide bonds. The van der Waals surface area contributed by atoms with Gasteiger partial charge in [-0.3, -0.25) is 0 Å². The summed E-state index contributed by atoms with van der Waals surface area (Å²) in [7, 11) is 0. The third kappa shape index (κ3) is 2.27. The zero-order chi connectivity index (χ0) is 13.3. The van der Waals surface area contributed by atoms with Gasteiger partial charge in [-0.25, -0.2) is 0 Å². The van der Waals surface area contributed by atoms with E-state index in [0.29, 0.717) is 11.5 Å². The molecule has 0 bridgehead atoms. The molecule has 0 aromatic heterocycles. The Kier molecular flexibility index (Phi) is 3.53. The fourth-order valence-electron chi connectivity index (χ4n) is 3.88. The molecular weight excluding hydrogens is 234 g/mol. The van der Waals surface area contributed by atoms with Crippen LogP contribution in [0.5, 0.6) is 5.75 Å². The van der Waals surface area contributed by atoms with Gasteiger partial charge in [0.05, 0.1) is 6.61 Å². The second kappa shape index (κ2) is 5.16. The van der Waals surface area contributed by atoms with Crippen LogP contribution in [0.2, 0.25) is 0 Å². The third-order valence-electron chi connectivity index (χ3n) is 4.91. The molecule has 104 valence electrons.